The first-order chi connectivity index (χ1) is 66.1. The summed E-state index contributed by atoms with van der Waals surface area (Å²) in [6.07, 6.45) is 2.88. The number of carbonyl (C=O) groups is 18. The number of hydrogen-bond acceptors (Lipinski definition) is 26. The highest BCUT2D eigenvalue weighted by Gasteiger charge is 2.39. The summed E-state index contributed by atoms with van der Waals surface area (Å²) >= 11 is 2.29. The van der Waals surface area contributed by atoms with E-state index in [0.29, 0.717) is 57.8 Å². The molecule has 0 radical (unpaired) electrons. The number of phenols is 1. The quantitative estimate of drug-likeness (QED) is 0.00754. The molecule has 139 heavy (non-hydrogen) atoms. The van der Waals surface area contributed by atoms with Crippen molar-refractivity contribution in [3.63, 3.8) is 0 Å². The van der Waals surface area contributed by atoms with Crippen LogP contribution in [0.1, 0.15) is 147 Å². The number of benzene rings is 3. The van der Waals surface area contributed by atoms with Crippen molar-refractivity contribution in [2.24, 2.45) is 40.3 Å². The fourth-order valence-corrected chi connectivity index (χ4v) is 15.6. The fourth-order valence-electron chi connectivity index (χ4n) is 14.3. The number of rotatable bonds is 66. The third-order valence-corrected chi connectivity index (χ3v) is 23.3. The topological polar surface area (TPSA) is 808 Å². The van der Waals surface area contributed by atoms with Crippen molar-refractivity contribution in [2.45, 2.75) is 228 Å². The number of nitrogens with one attached hydrogen (secondary N) is 21. The van der Waals surface area contributed by atoms with E-state index in [1.54, 1.807) is 81.0 Å². The van der Waals surface area contributed by atoms with Gasteiger partial charge in [0.2, 0.25) is 94.5 Å². The van der Waals surface area contributed by atoms with E-state index in [1.165, 1.54) is 49.9 Å². The van der Waals surface area contributed by atoms with Gasteiger partial charge in [0.15, 0.2) is 11.9 Å². The van der Waals surface area contributed by atoms with Crippen molar-refractivity contribution in [1.29, 1.82) is 10.8 Å². The highest BCUT2D eigenvalue weighted by Crippen LogP contribution is 2.23. The number of carboxylic acid groups (broad SMARTS) is 2. The van der Waals surface area contributed by atoms with Crippen molar-refractivity contribution < 1.29 is 102 Å². The Bertz CT molecular complexity index is 5000. The maximum atomic E-state index is 15.5. The van der Waals surface area contributed by atoms with E-state index in [2.05, 4.69) is 100 Å². The van der Waals surface area contributed by atoms with Gasteiger partial charge >= 0.3 is 11.9 Å². The molecule has 5 rings (SSSR count). The highest BCUT2D eigenvalue weighted by molar-refractivity contribution is 7.99. The minimum Gasteiger partial charge on any atom is -0.508 e. The van der Waals surface area contributed by atoms with Gasteiger partial charge in [0.1, 0.15) is 84.8 Å². The van der Waals surface area contributed by atoms with Crippen LogP contribution in [0.5, 0.6) is 5.75 Å². The van der Waals surface area contributed by atoms with Crippen LogP contribution >= 0.6 is 23.5 Å². The number of unbranched alkanes of at least 4 members (excludes halogenated alkanes) is 2. The van der Waals surface area contributed by atoms with Crippen LogP contribution in [0.2, 0.25) is 0 Å². The number of hydrogen-bond donors (Lipinski definition) is 30. The standard InChI is InChI=1S/C89H135N27O21S2/c1-48(2)38-66(112-87(137)70(46-139-47-104-50(4)117)116-81(131)60(20-10-12-33-90)107-76(126)57(92)28-31-73(121)122)85(135)110-63(23-15-36-99-89(96)97)80(130)115-69(41-53-43-101-59-19-9-7-17-56(53)59)86(136)111-64(29-30-71(93)119)82(132)114-68(40-52-42-100-58-18-8-6-16-55(52)58)84(134)105-49(3)75(125)106-65(32-37-138-5)83(133)109-62(22-14-35-98-88(94)95)78(128)108-61(21-11-13-34-91)79(129)113-67(39-51-24-26-54(118)27-25-51)77(127)103-44-72(120)102-45-74(123)124/h6-9,16-19,24-27,42-43,48-49,57,60-70,100-101,118H,10-15,20-23,28-41,44-47,90-92H2,1-5H3,(H2,93,119)(H,102,120)(H,103,127)(H,104,117)(H,105,134)(H,106,125)(H,107,126)(H,108,128)(H,109,133)(H,110,135)(H,111,136)(H,112,137)(H,113,129)(H,114,132)(H,115,130)(H,116,131)(H,121,122)(H,123,124)(H4,94,95,98)(H4,96,97,99)/t49-,57-,60-,61-,62-,63-,64-,65-,66-,67-,68-,69-,70-/m0/s1. The summed E-state index contributed by atoms with van der Waals surface area (Å²) in [5, 5.41) is 89.3. The molecular formula is C89H135N27O21S2. The van der Waals surface area contributed by atoms with Crippen LogP contribution in [0, 0.1) is 16.7 Å². The zero-order chi connectivity index (χ0) is 103. The zero-order valence-corrected chi connectivity index (χ0v) is 80.1. The number of guanidine groups is 2. The Kier molecular flexibility index (Phi) is 51.0. The average Bonchev–Trinajstić information content (AvgIpc) is 1.41. The van der Waals surface area contributed by atoms with Crippen molar-refractivity contribution in [3.05, 3.63) is 102 Å². The fraction of sp³-hybridized carbons (Fsp3) is 0.528. The maximum absolute atomic E-state index is 15.5. The summed E-state index contributed by atoms with van der Waals surface area (Å²) in [5.41, 5.74) is 37.1. The molecule has 2 heterocycles. The molecule has 0 bridgehead atoms. The minimum absolute atomic E-state index is 0.00305. The molecule has 5 aromatic rings. The summed E-state index contributed by atoms with van der Waals surface area (Å²) in [6.45, 7) is 4.90. The summed E-state index contributed by atoms with van der Waals surface area (Å²) < 4.78 is 0. The van der Waals surface area contributed by atoms with Gasteiger partial charge in [-0.15, -0.1) is 11.8 Å². The van der Waals surface area contributed by atoms with Crippen molar-refractivity contribution in [3.8, 4) is 5.75 Å². The Hall–Kier alpha value is -13.9. The molecule has 48 nitrogen and oxygen atoms in total. The van der Waals surface area contributed by atoms with Gasteiger partial charge in [0, 0.05) is 92.1 Å². The Labute approximate surface area is 811 Å². The van der Waals surface area contributed by atoms with Crippen LogP contribution in [-0.4, -0.2) is 285 Å². The predicted octanol–water partition coefficient (Wildman–Crippen LogP) is -4.59. The second-order valence-electron chi connectivity index (χ2n) is 33.5. The smallest absolute Gasteiger partial charge is 0.322 e. The number of primary amides is 1. The SMILES string of the molecule is CSCC[C@H](NC(=O)[C@H](C)NC(=O)[C@H](Cc1c[nH]c2ccccc12)NC(=O)[C@H](CCC(N)=O)NC(=O)[C@H](Cc1c[nH]c2ccccc12)NC(=O)[C@H](CCCNC(=N)N)NC(=O)[C@H](CC(C)C)NC(=O)[C@H](CSCNC(C)=O)NC(=O)[C@H](CCCCN)NC(=O)[C@@H](N)CCC(=O)O)C(=O)N[C@@H](CCCNC(=N)N)C(=O)N[C@@H](CCCCN)C(=O)N[C@@H](Cc1ccc(O)cc1)C(=O)NCC(=O)NCC(=O)O. The van der Waals surface area contributed by atoms with Gasteiger partial charge in [0.25, 0.3) is 0 Å². The molecule has 0 spiro atoms. The summed E-state index contributed by atoms with van der Waals surface area (Å²) in [7, 11) is 0. The summed E-state index contributed by atoms with van der Waals surface area (Å²) in [4.78, 5) is 257. The Morgan fingerprint density at radius 2 is 0.813 bits per heavy atom. The van der Waals surface area contributed by atoms with Crippen LogP contribution < -0.4 is 125 Å². The Morgan fingerprint density at radius 1 is 0.410 bits per heavy atom. The first-order valence-corrected chi connectivity index (χ1v) is 48.1. The van der Waals surface area contributed by atoms with E-state index < -0.39 is 229 Å². The second-order valence-corrected chi connectivity index (χ2v) is 35.5. The molecule has 36 N–H and O–H groups in total. The first kappa shape index (κ1) is 116. The third-order valence-electron chi connectivity index (χ3n) is 21.7. The van der Waals surface area contributed by atoms with E-state index in [-0.39, 0.29) is 139 Å². The molecule has 0 saturated heterocycles. The zero-order valence-electron chi connectivity index (χ0n) is 78.4. The van der Waals surface area contributed by atoms with Gasteiger partial charge in [-0.3, -0.25) is 97.1 Å². The van der Waals surface area contributed by atoms with Gasteiger partial charge in [-0.1, -0.05) is 62.4 Å². The molecule has 0 aliphatic heterocycles. The lowest BCUT2D eigenvalue weighted by molar-refractivity contribution is -0.138. The van der Waals surface area contributed by atoms with Crippen LogP contribution in [0.3, 0.4) is 0 Å². The lowest BCUT2D eigenvalue weighted by atomic mass is 10.0. The molecule has 50 heteroatoms. The number of nitrogens with two attached hydrogens (primary N) is 6. The Balaban J connectivity index is 1.49. The average molecular weight is 1980 g/mol. The number of thioether (sulfide) groups is 2. The lowest BCUT2D eigenvalue weighted by Gasteiger charge is -2.29. The van der Waals surface area contributed by atoms with Gasteiger partial charge in [-0.05, 0) is 169 Å². The predicted molar refractivity (Wildman–Crippen MR) is 519 cm³/mol. The number of aromatic nitrogens is 2. The molecular weight excluding hydrogens is 1850 g/mol. The molecule has 16 amide bonds. The number of phenolic OH excluding ortho intramolecular Hbond substituents is 1. The number of H-pyrrole nitrogens is 2. The third kappa shape index (κ3) is 43.1. The number of carbonyl (C=O) groups excluding carboxylic acids is 16. The monoisotopic (exact) mass is 1980 g/mol. The molecule has 2 aromatic heterocycles. The number of fused-ring (bicyclic) bond motifs is 2. The first-order valence-electron chi connectivity index (χ1n) is 45.5. The number of aromatic amines is 2. The molecule has 0 unspecified atom stereocenters. The van der Waals surface area contributed by atoms with Crippen LogP contribution in [0.15, 0.2) is 85.2 Å². The number of amides is 16. The molecule has 13 atom stereocenters. The van der Waals surface area contributed by atoms with Gasteiger partial charge in [-0.25, -0.2) is 0 Å². The van der Waals surface area contributed by atoms with E-state index in [1.807, 2.05) is 0 Å². The number of aliphatic carboxylic acids is 2. The van der Waals surface area contributed by atoms with E-state index in [4.69, 9.17) is 50.3 Å². The van der Waals surface area contributed by atoms with Crippen LogP contribution in [-0.2, 0) is 106 Å². The molecule has 0 aliphatic rings. The van der Waals surface area contributed by atoms with Crippen molar-refractivity contribution in [1.82, 2.24) is 100 Å². The summed E-state index contributed by atoms with van der Waals surface area (Å²) in [6, 6.07) is -0.296. The molecule has 0 saturated carbocycles. The molecule has 764 valence electrons. The van der Waals surface area contributed by atoms with Crippen LogP contribution in [0.4, 0.5) is 0 Å². The van der Waals surface area contributed by atoms with Crippen LogP contribution in [0.25, 0.3) is 21.8 Å². The molecule has 3 aromatic carbocycles. The second kappa shape index (κ2) is 61.4. The van der Waals surface area contributed by atoms with Gasteiger partial charge < -0.3 is 150 Å². The summed E-state index contributed by atoms with van der Waals surface area (Å²) in [5.74, 6) is -18.6. The van der Waals surface area contributed by atoms with E-state index in [0.717, 1.165) is 11.8 Å². The molecule has 0 aliphatic carbocycles. The van der Waals surface area contributed by atoms with E-state index >= 15 is 24.0 Å². The van der Waals surface area contributed by atoms with E-state index in [9.17, 15) is 72.5 Å². The normalized spacial score (nSPS) is 13.9. The van der Waals surface area contributed by atoms with Gasteiger partial charge in [0.05, 0.1) is 18.5 Å². The molecule has 0 fully saturated rings. The number of para-hydroxylation sites is 2. The number of aromatic hydroxyl groups is 1. The maximum Gasteiger partial charge on any atom is 0.322 e. The number of carboxylic acids is 2. The largest absolute Gasteiger partial charge is 0.508 e. The van der Waals surface area contributed by atoms with Crippen molar-refractivity contribution >= 4 is 164 Å². The van der Waals surface area contributed by atoms with Crippen molar-refractivity contribution in [2.75, 3.05) is 62.9 Å². The minimum atomic E-state index is -1.77. The highest BCUT2D eigenvalue weighted by atomic mass is 32.2. The lowest BCUT2D eigenvalue weighted by Crippen LogP contribution is -2.61. The Morgan fingerprint density at radius 3 is 1.26 bits per heavy atom. The van der Waals surface area contributed by atoms with Gasteiger partial charge in [-0.2, -0.15) is 11.8 Å².